The molecule has 0 bridgehead atoms. The molecule has 1 aromatic rings. The van der Waals surface area contributed by atoms with Crippen molar-refractivity contribution in [2.75, 3.05) is 14.1 Å². The Hall–Kier alpha value is -2.35. The minimum Gasteiger partial charge on any atom is -0.383 e. The summed E-state index contributed by atoms with van der Waals surface area (Å²) < 4.78 is 0. The molecular formula is C11H11N3O2. The van der Waals surface area contributed by atoms with Crippen LogP contribution in [0.25, 0.3) is 6.08 Å². The Morgan fingerprint density at radius 3 is 2.69 bits per heavy atom. The van der Waals surface area contributed by atoms with Crippen molar-refractivity contribution < 1.29 is 4.92 Å². The van der Waals surface area contributed by atoms with E-state index in [1.807, 2.05) is 20.2 Å². The lowest BCUT2D eigenvalue weighted by Crippen LogP contribution is -2.00. The fraction of sp³-hybridized carbons (Fsp3) is 0.182. The maximum atomic E-state index is 10.8. The maximum absolute atomic E-state index is 10.8. The lowest BCUT2D eigenvalue weighted by atomic mass is 10.1. The quantitative estimate of drug-likeness (QED) is 0.573. The van der Waals surface area contributed by atoms with E-state index in [2.05, 4.69) is 0 Å². The third kappa shape index (κ3) is 2.82. The van der Waals surface area contributed by atoms with Crippen molar-refractivity contribution in [3.8, 4) is 6.07 Å². The second kappa shape index (κ2) is 4.94. The summed E-state index contributed by atoms with van der Waals surface area (Å²) in [5.41, 5.74) is 0.712. The van der Waals surface area contributed by atoms with Gasteiger partial charge in [0.25, 0.3) is 5.69 Å². The molecule has 0 heterocycles. The van der Waals surface area contributed by atoms with Gasteiger partial charge < -0.3 is 4.90 Å². The highest BCUT2D eigenvalue weighted by Crippen LogP contribution is 2.21. The summed E-state index contributed by atoms with van der Waals surface area (Å²) in [5, 5.41) is 19.4. The molecule has 0 saturated heterocycles. The zero-order chi connectivity index (χ0) is 12.1. The molecule has 16 heavy (non-hydrogen) atoms. The molecule has 1 rings (SSSR count). The molecule has 0 amide bonds. The van der Waals surface area contributed by atoms with E-state index < -0.39 is 4.92 Å². The molecule has 1 aromatic carbocycles. The van der Waals surface area contributed by atoms with Gasteiger partial charge in [-0.2, -0.15) is 5.26 Å². The van der Waals surface area contributed by atoms with Crippen LogP contribution in [-0.4, -0.2) is 23.9 Å². The molecule has 0 aliphatic heterocycles. The van der Waals surface area contributed by atoms with Crippen molar-refractivity contribution in [3.63, 3.8) is 0 Å². The number of hydrogen-bond donors (Lipinski definition) is 0. The van der Waals surface area contributed by atoms with Crippen molar-refractivity contribution in [3.05, 3.63) is 45.6 Å². The fourth-order valence-corrected chi connectivity index (χ4v) is 1.14. The van der Waals surface area contributed by atoms with Gasteiger partial charge in [0.2, 0.25) is 0 Å². The van der Waals surface area contributed by atoms with Crippen LogP contribution < -0.4 is 0 Å². The summed E-state index contributed by atoms with van der Waals surface area (Å²) in [6.45, 7) is 0. The predicted molar refractivity (Wildman–Crippen MR) is 60.5 cm³/mol. The van der Waals surface area contributed by atoms with E-state index in [-0.39, 0.29) is 11.3 Å². The van der Waals surface area contributed by atoms with Crippen LogP contribution in [0.4, 0.5) is 5.69 Å². The molecule has 0 aliphatic carbocycles. The minimum atomic E-state index is -0.490. The van der Waals surface area contributed by atoms with Gasteiger partial charge in [0.05, 0.1) is 22.1 Å². The summed E-state index contributed by atoms with van der Waals surface area (Å²) in [7, 11) is 3.65. The molecule has 0 spiro atoms. The first kappa shape index (κ1) is 11.7. The van der Waals surface area contributed by atoms with Crippen molar-refractivity contribution in [1.29, 1.82) is 5.26 Å². The second-order valence-corrected chi connectivity index (χ2v) is 3.42. The zero-order valence-electron chi connectivity index (χ0n) is 9.04. The normalized spacial score (nSPS) is 10.1. The van der Waals surface area contributed by atoms with E-state index in [1.165, 1.54) is 6.07 Å². The fourth-order valence-electron chi connectivity index (χ4n) is 1.14. The van der Waals surface area contributed by atoms with Gasteiger partial charge in [0, 0.05) is 20.2 Å². The first-order chi connectivity index (χ1) is 7.54. The first-order valence-corrected chi connectivity index (χ1v) is 4.58. The number of rotatable bonds is 3. The van der Waals surface area contributed by atoms with Crippen LogP contribution in [0.1, 0.15) is 11.1 Å². The average molecular weight is 217 g/mol. The van der Waals surface area contributed by atoms with Gasteiger partial charge >= 0.3 is 0 Å². The molecule has 5 nitrogen and oxygen atoms in total. The number of nitro groups is 1. The largest absolute Gasteiger partial charge is 0.383 e. The molecule has 82 valence electrons. The van der Waals surface area contributed by atoms with Crippen molar-refractivity contribution >= 4 is 11.8 Å². The molecule has 0 unspecified atom stereocenters. The Kier molecular flexibility index (Phi) is 3.62. The number of nitro benzene ring substituents is 1. The van der Waals surface area contributed by atoms with Crippen molar-refractivity contribution in [2.24, 2.45) is 0 Å². The summed E-state index contributed by atoms with van der Waals surface area (Å²) in [5.74, 6) is 0. The number of benzene rings is 1. The van der Waals surface area contributed by atoms with Crippen LogP contribution in [0, 0.1) is 21.4 Å². The topological polar surface area (TPSA) is 70.2 Å². The van der Waals surface area contributed by atoms with Crippen LogP contribution in [0.15, 0.2) is 24.4 Å². The number of nitrogens with zero attached hydrogens (tertiary/aromatic N) is 3. The number of nitriles is 1. The summed E-state index contributed by atoms with van der Waals surface area (Å²) in [6.07, 6.45) is 3.35. The van der Waals surface area contributed by atoms with Gasteiger partial charge in [-0.1, -0.05) is 0 Å². The maximum Gasteiger partial charge on any atom is 0.277 e. The van der Waals surface area contributed by atoms with Gasteiger partial charge in [0.1, 0.15) is 0 Å². The Morgan fingerprint density at radius 1 is 1.50 bits per heavy atom. The second-order valence-electron chi connectivity index (χ2n) is 3.42. The van der Waals surface area contributed by atoms with E-state index in [0.717, 1.165) is 0 Å². The molecule has 0 saturated carbocycles. The zero-order valence-corrected chi connectivity index (χ0v) is 9.04. The van der Waals surface area contributed by atoms with Crippen LogP contribution in [0.5, 0.6) is 0 Å². The smallest absolute Gasteiger partial charge is 0.277 e. The molecule has 5 heteroatoms. The number of hydrogen-bond acceptors (Lipinski definition) is 4. The van der Waals surface area contributed by atoms with Gasteiger partial charge in [-0.15, -0.1) is 0 Å². The van der Waals surface area contributed by atoms with Crippen LogP contribution >= 0.6 is 0 Å². The predicted octanol–water partition coefficient (Wildman–Crippen LogP) is 2.00. The lowest BCUT2D eigenvalue weighted by Gasteiger charge is -2.03. The Balaban J connectivity index is 3.19. The average Bonchev–Trinajstić information content (AvgIpc) is 2.25. The van der Waals surface area contributed by atoms with Crippen LogP contribution in [0.2, 0.25) is 0 Å². The minimum absolute atomic E-state index is 0.0582. The molecular weight excluding hydrogens is 206 g/mol. The van der Waals surface area contributed by atoms with Gasteiger partial charge in [-0.05, 0) is 24.4 Å². The van der Waals surface area contributed by atoms with E-state index in [9.17, 15) is 10.1 Å². The third-order valence-corrected chi connectivity index (χ3v) is 1.91. The molecule has 0 N–H and O–H groups in total. The molecule has 0 atom stereocenters. The summed E-state index contributed by atoms with van der Waals surface area (Å²) in [6, 6.07) is 6.27. The lowest BCUT2D eigenvalue weighted by molar-refractivity contribution is -0.385. The SMILES string of the molecule is CN(C)/C=C/c1ccc(C#N)cc1[N+](=O)[O-]. The van der Waals surface area contributed by atoms with Crippen LogP contribution in [0.3, 0.4) is 0 Å². The standard InChI is InChI=1S/C11H11N3O2/c1-13(2)6-5-10-4-3-9(8-12)7-11(10)14(15)16/h3-7H,1-2H3/b6-5+. The Bertz CT molecular complexity index is 473. The monoisotopic (exact) mass is 217 g/mol. The first-order valence-electron chi connectivity index (χ1n) is 4.58. The van der Waals surface area contributed by atoms with Crippen molar-refractivity contribution in [1.82, 2.24) is 4.90 Å². The van der Waals surface area contributed by atoms with Crippen LogP contribution in [-0.2, 0) is 0 Å². The third-order valence-electron chi connectivity index (χ3n) is 1.91. The molecule has 0 aromatic heterocycles. The molecule has 0 radical (unpaired) electrons. The van der Waals surface area contributed by atoms with Gasteiger partial charge in [0.15, 0.2) is 0 Å². The molecule has 0 fully saturated rings. The van der Waals surface area contributed by atoms with Crippen molar-refractivity contribution in [2.45, 2.75) is 0 Å². The Morgan fingerprint density at radius 2 is 2.19 bits per heavy atom. The van der Waals surface area contributed by atoms with Gasteiger partial charge in [-0.25, -0.2) is 0 Å². The molecule has 0 aliphatic rings. The Labute approximate surface area is 93.4 Å². The van der Waals surface area contributed by atoms with E-state index >= 15 is 0 Å². The van der Waals surface area contributed by atoms with Gasteiger partial charge in [-0.3, -0.25) is 10.1 Å². The summed E-state index contributed by atoms with van der Waals surface area (Å²) in [4.78, 5) is 12.1. The highest BCUT2D eigenvalue weighted by atomic mass is 16.6. The van der Waals surface area contributed by atoms with E-state index in [4.69, 9.17) is 5.26 Å². The van der Waals surface area contributed by atoms with E-state index in [0.29, 0.717) is 5.56 Å². The highest BCUT2D eigenvalue weighted by Gasteiger charge is 2.12. The summed E-state index contributed by atoms with van der Waals surface area (Å²) >= 11 is 0. The van der Waals surface area contributed by atoms with E-state index in [1.54, 1.807) is 29.3 Å². The highest BCUT2D eigenvalue weighted by molar-refractivity contribution is 5.62.